The van der Waals surface area contributed by atoms with Crippen molar-refractivity contribution in [2.75, 3.05) is 23.3 Å². The molecule has 0 unspecified atom stereocenters. The van der Waals surface area contributed by atoms with Crippen molar-refractivity contribution in [1.82, 2.24) is 45.1 Å². The molecule has 208 valence electrons. The van der Waals surface area contributed by atoms with E-state index < -0.39 is 16.9 Å². The summed E-state index contributed by atoms with van der Waals surface area (Å²) in [6, 6.07) is 7.14. The molecule has 0 aromatic carbocycles. The number of pyridine rings is 1. The molecule has 2 atom stereocenters. The Morgan fingerprint density at radius 3 is 2.60 bits per heavy atom. The summed E-state index contributed by atoms with van der Waals surface area (Å²) in [7, 11) is 0. The normalized spacial score (nSPS) is 19.4. The average Bonchev–Trinajstić information content (AvgIpc) is 3.61. The second-order valence-electron chi connectivity index (χ2n) is 10.3. The van der Waals surface area contributed by atoms with Crippen molar-refractivity contribution in [2.45, 2.75) is 50.7 Å². The number of aryl methyl sites for hydroxylation is 2. The maximum atomic E-state index is 13.8. The summed E-state index contributed by atoms with van der Waals surface area (Å²) in [5.41, 5.74) is 1.48. The number of hydrogen-bond acceptors (Lipinski definition) is 10. The lowest BCUT2D eigenvalue weighted by atomic mass is 9.87. The number of amides is 1. The SMILES string of the molecule is Cc1cc(Nc2cc(C)[nH]n2)nc(N2CCC3(CC2)N[C@H](S)N([C@@H](C)c2ccc(-n4cc(F)cn4)nc2)C3=O)n1. The van der Waals surface area contributed by atoms with E-state index in [1.807, 2.05) is 39.0 Å². The molecular weight excluding hydrogens is 533 g/mol. The van der Waals surface area contributed by atoms with E-state index in [0.717, 1.165) is 23.1 Å². The molecule has 0 bridgehead atoms. The molecular formula is C26H30FN11OS. The zero-order chi connectivity index (χ0) is 28.0. The Morgan fingerprint density at radius 1 is 1.15 bits per heavy atom. The van der Waals surface area contributed by atoms with Crippen molar-refractivity contribution in [3.63, 3.8) is 0 Å². The van der Waals surface area contributed by atoms with Gasteiger partial charge in [0.15, 0.2) is 17.5 Å². The van der Waals surface area contributed by atoms with Gasteiger partial charge >= 0.3 is 0 Å². The quantitative estimate of drug-likeness (QED) is 0.261. The van der Waals surface area contributed by atoms with Gasteiger partial charge in [-0.2, -0.15) is 15.2 Å². The first-order valence-electron chi connectivity index (χ1n) is 13.1. The predicted octanol–water partition coefficient (Wildman–Crippen LogP) is 3.03. The summed E-state index contributed by atoms with van der Waals surface area (Å²) in [5.74, 6) is 2.04. The number of carbonyl (C=O) groups is 1. The van der Waals surface area contributed by atoms with Gasteiger partial charge in [-0.1, -0.05) is 6.07 Å². The van der Waals surface area contributed by atoms with Gasteiger partial charge in [0.25, 0.3) is 0 Å². The van der Waals surface area contributed by atoms with Gasteiger partial charge in [0.05, 0.1) is 18.4 Å². The molecule has 2 saturated heterocycles. The minimum Gasteiger partial charge on any atom is -0.341 e. The molecule has 2 aliphatic heterocycles. The maximum absolute atomic E-state index is 13.8. The number of anilines is 3. The molecule has 6 heterocycles. The van der Waals surface area contributed by atoms with E-state index in [2.05, 4.69) is 40.8 Å². The first-order valence-corrected chi connectivity index (χ1v) is 13.6. The molecule has 14 heteroatoms. The lowest BCUT2D eigenvalue weighted by Gasteiger charge is -2.38. The highest BCUT2D eigenvalue weighted by Crippen LogP contribution is 2.37. The van der Waals surface area contributed by atoms with Crippen molar-refractivity contribution in [3.05, 3.63) is 65.6 Å². The van der Waals surface area contributed by atoms with Gasteiger partial charge in [-0.25, -0.2) is 19.0 Å². The van der Waals surface area contributed by atoms with Crippen LogP contribution in [0.1, 0.15) is 42.8 Å². The first-order chi connectivity index (χ1) is 19.2. The number of halogens is 1. The monoisotopic (exact) mass is 563 g/mol. The van der Waals surface area contributed by atoms with Crippen molar-refractivity contribution >= 4 is 36.1 Å². The van der Waals surface area contributed by atoms with Crippen LogP contribution in [0, 0.1) is 19.7 Å². The van der Waals surface area contributed by atoms with E-state index >= 15 is 0 Å². The summed E-state index contributed by atoms with van der Waals surface area (Å²) in [5, 5.41) is 17.8. The molecule has 0 aliphatic carbocycles. The molecule has 1 spiro atoms. The van der Waals surface area contributed by atoms with E-state index in [1.54, 1.807) is 17.2 Å². The van der Waals surface area contributed by atoms with Crippen LogP contribution < -0.4 is 15.5 Å². The van der Waals surface area contributed by atoms with Crippen LogP contribution in [0.15, 0.2) is 42.9 Å². The van der Waals surface area contributed by atoms with Gasteiger partial charge in [-0.3, -0.25) is 15.2 Å². The highest BCUT2D eigenvalue weighted by Gasteiger charge is 2.53. The number of piperidine rings is 1. The molecule has 4 aromatic rings. The lowest BCUT2D eigenvalue weighted by Crippen LogP contribution is -2.55. The fraction of sp³-hybridized carbons (Fsp3) is 0.385. The maximum Gasteiger partial charge on any atom is 0.245 e. The van der Waals surface area contributed by atoms with E-state index in [-0.39, 0.29) is 11.9 Å². The lowest BCUT2D eigenvalue weighted by molar-refractivity contribution is -0.135. The Bertz CT molecular complexity index is 1530. The van der Waals surface area contributed by atoms with Crippen LogP contribution in [0.4, 0.5) is 22.0 Å². The molecule has 0 radical (unpaired) electrons. The second kappa shape index (κ2) is 10.2. The summed E-state index contributed by atoms with van der Waals surface area (Å²) >= 11 is 4.73. The number of thiol groups is 1. The largest absolute Gasteiger partial charge is 0.341 e. The van der Waals surface area contributed by atoms with Crippen LogP contribution in [-0.4, -0.2) is 69.9 Å². The van der Waals surface area contributed by atoms with E-state index in [0.29, 0.717) is 49.3 Å². The van der Waals surface area contributed by atoms with Gasteiger partial charge in [0.1, 0.15) is 16.9 Å². The third kappa shape index (κ3) is 4.88. The minimum absolute atomic E-state index is 0.0132. The standard InChI is InChI=1S/C26H30FN11OS/c1-15-10-20(31-21-11-16(2)34-35-21)32-24(30-15)36-8-6-26(7-9-36)23(39)38(25(40)33-26)17(3)18-4-5-22(28-12-18)37-14-19(27)13-29-37/h4-5,10-14,17,25,33,40H,6-9H2,1-3H3,(H2,30,31,32,34,35)/t17-,25-/m0/s1. The Morgan fingerprint density at radius 2 is 1.95 bits per heavy atom. The van der Waals surface area contributed by atoms with Gasteiger partial charge in [0.2, 0.25) is 11.9 Å². The van der Waals surface area contributed by atoms with Crippen molar-refractivity contribution in [3.8, 4) is 5.82 Å². The fourth-order valence-electron chi connectivity index (χ4n) is 5.31. The highest BCUT2D eigenvalue weighted by molar-refractivity contribution is 7.80. The van der Waals surface area contributed by atoms with Crippen LogP contribution >= 0.6 is 12.6 Å². The van der Waals surface area contributed by atoms with E-state index in [4.69, 9.17) is 17.6 Å². The van der Waals surface area contributed by atoms with Crippen LogP contribution in [0.5, 0.6) is 0 Å². The number of nitrogens with one attached hydrogen (secondary N) is 3. The van der Waals surface area contributed by atoms with Crippen LogP contribution in [0.2, 0.25) is 0 Å². The van der Waals surface area contributed by atoms with Crippen molar-refractivity contribution in [2.24, 2.45) is 0 Å². The number of carbonyl (C=O) groups excluding carboxylic acids is 1. The highest BCUT2D eigenvalue weighted by atomic mass is 32.1. The number of rotatable bonds is 6. The Labute approximate surface area is 235 Å². The third-order valence-electron chi connectivity index (χ3n) is 7.47. The Kier molecular flexibility index (Phi) is 6.66. The van der Waals surface area contributed by atoms with Gasteiger partial charge < -0.3 is 15.1 Å². The molecule has 12 nitrogen and oxygen atoms in total. The van der Waals surface area contributed by atoms with Gasteiger partial charge in [-0.05, 0) is 45.2 Å². The molecule has 40 heavy (non-hydrogen) atoms. The van der Waals surface area contributed by atoms with Gasteiger partial charge in [0, 0.05) is 42.8 Å². The second-order valence-corrected chi connectivity index (χ2v) is 10.8. The number of nitrogens with zero attached hydrogens (tertiary/aromatic N) is 8. The Balaban J connectivity index is 1.14. The molecule has 4 aromatic heterocycles. The van der Waals surface area contributed by atoms with E-state index in [1.165, 1.54) is 10.9 Å². The summed E-state index contributed by atoms with van der Waals surface area (Å²) in [6.45, 7) is 7.05. The molecule has 1 amide bonds. The summed E-state index contributed by atoms with van der Waals surface area (Å²) in [4.78, 5) is 31.5. The topological polar surface area (TPSA) is 133 Å². The first kappa shape index (κ1) is 26.2. The predicted molar refractivity (Wildman–Crippen MR) is 150 cm³/mol. The number of aromatic amines is 1. The molecule has 3 N–H and O–H groups in total. The smallest absolute Gasteiger partial charge is 0.245 e. The van der Waals surface area contributed by atoms with Crippen LogP contribution in [0.25, 0.3) is 5.82 Å². The zero-order valence-corrected chi connectivity index (χ0v) is 23.2. The van der Waals surface area contributed by atoms with Crippen LogP contribution in [0.3, 0.4) is 0 Å². The summed E-state index contributed by atoms with van der Waals surface area (Å²) in [6.07, 6.45) is 5.26. The minimum atomic E-state index is -0.714. The number of hydrogen-bond donors (Lipinski definition) is 4. The van der Waals surface area contributed by atoms with E-state index in [9.17, 15) is 9.18 Å². The van der Waals surface area contributed by atoms with Crippen molar-refractivity contribution in [1.29, 1.82) is 0 Å². The average molecular weight is 564 g/mol. The third-order valence-corrected chi connectivity index (χ3v) is 7.85. The molecule has 2 fully saturated rings. The zero-order valence-electron chi connectivity index (χ0n) is 22.3. The Hall–Kier alpha value is -4.04. The molecule has 2 aliphatic rings. The van der Waals surface area contributed by atoms with Crippen LogP contribution in [-0.2, 0) is 4.79 Å². The number of H-pyrrole nitrogens is 1. The summed E-state index contributed by atoms with van der Waals surface area (Å²) < 4.78 is 14.7. The van der Waals surface area contributed by atoms with Gasteiger partial charge in [-0.15, -0.1) is 12.6 Å². The fourth-order valence-corrected chi connectivity index (χ4v) is 5.86. The molecule has 0 saturated carbocycles. The molecule has 6 rings (SSSR count). The number of aromatic nitrogens is 7. The van der Waals surface area contributed by atoms with Crippen molar-refractivity contribution < 1.29 is 9.18 Å².